The standard InChI is InChI=1S/C17H17NO3/c1-11-6-7-15(12(2)8-11)16(19)18-10-13-4-3-5-14(9-13)17(20)21/h3-9H,10H2,1-2H3,(H,18,19)(H,20,21). The lowest BCUT2D eigenvalue weighted by Crippen LogP contribution is -2.23. The summed E-state index contributed by atoms with van der Waals surface area (Å²) in [6, 6.07) is 12.2. The molecule has 0 unspecified atom stereocenters. The van der Waals surface area contributed by atoms with E-state index in [1.54, 1.807) is 24.3 Å². The smallest absolute Gasteiger partial charge is 0.335 e. The number of hydrogen-bond donors (Lipinski definition) is 2. The van der Waals surface area contributed by atoms with Crippen molar-refractivity contribution in [2.75, 3.05) is 0 Å². The number of aromatic carboxylic acids is 1. The number of carbonyl (C=O) groups excluding carboxylic acids is 1. The molecule has 0 saturated heterocycles. The van der Waals surface area contributed by atoms with Gasteiger partial charge in [-0.1, -0.05) is 29.8 Å². The zero-order valence-electron chi connectivity index (χ0n) is 12.0. The van der Waals surface area contributed by atoms with Crippen LogP contribution in [0.4, 0.5) is 0 Å². The Labute approximate surface area is 123 Å². The van der Waals surface area contributed by atoms with Gasteiger partial charge < -0.3 is 10.4 Å². The maximum Gasteiger partial charge on any atom is 0.335 e. The van der Waals surface area contributed by atoms with Gasteiger partial charge in [-0.25, -0.2) is 4.79 Å². The highest BCUT2D eigenvalue weighted by atomic mass is 16.4. The van der Waals surface area contributed by atoms with Crippen molar-refractivity contribution in [3.63, 3.8) is 0 Å². The van der Waals surface area contributed by atoms with Crippen LogP contribution in [0.2, 0.25) is 0 Å². The number of carbonyl (C=O) groups is 2. The molecule has 0 aliphatic carbocycles. The van der Waals surface area contributed by atoms with Crippen LogP contribution in [-0.2, 0) is 6.54 Å². The van der Waals surface area contributed by atoms with Crippen LogP contribution in [0.15, 0.2) is 42.5 Å². The lowest BCUT2D eigenvalue weighted by Gasteiger charge is -2.09. The molecule has 0 atom stereocenters. The molecule has 2 rings (SSSR count). The van der Waals surface area contributed by atoms with Crippen LogP contribution < -0.4 is 5.32 Å². The molecule has 108 valence electrons. The van der Waals surface area contributed by atoms with E-state index in [9.17, 15) is 9.59 Å². The molecule has 0 fully saturated rings. The van der Waals surface area contributed by atoms with Crippen molar-refractivity contribution >= 4 is 11.9 Å². The quantitative estimate of drug-likeness (QED) is 0.906. The average molecular weight is 283 g/mol. The van der Waals surface area contributed by atoms with E-state index < -0.39 is 5.97 Å². The highest BCUT2D eigenvalue weighted by Gasteiger charge is 2.09. The van der Waals surface area contributed by atoms with E-state index in [2.05, 4.69) is 5.32 Å². The Kier molecular flexibility index (Phi) is 4.38. The van der Waals surface area contributed by atoms with Crippen LogP contribution in [0.1, 0.15) is 37.4 Å². The Morgan fingerprint density at radius 2 is 1.86 bits per heavy atom. The number of benzene rings is 2. The number of nitrogens with one attached hydrogen (secondary N) is 1. The van der Waals surface area contributed by atoms with Gasteiger partial charge in [-0.05, 0) is 43.2 Å². The first-order valence-corrected chi connectivity index (χ1v) is 6.65. The van der Waals surface area contributed by atoms with Gasteiger partial charge in [0.25, 0.3) is 5.91 Å². The Hall–Kier alpha value is -2.62. The minimum absolute atomic E-state index is 0.159. The van der Waals surface area contributed by atoms with E-state index in [1.807, 2.05) is 26.0 Å². The molecular weight excluding hydrogens is 266 g/mol. The maximum atomic E-state index is 12.1. The molecule has 0 radical (unpaired) electrons. The van der Waals surface area contributed by atoms with E-state index in [4.69, 9.17) is 5.11 Å². The summed E-state index contributed by atoms with van der Waals surface area (Å²) in [5.74, 6) is -1.13. The zero-order valence-corrected chi connectivity index (χ0v) is 12.0. The van der Waals surface area contributed by atoms with E-state index in [0.717, 1.165) is 16.7 Å². The third kappa shape index (κ3) is 3.69. The summed E-state index contributed by atoms with van der Waals surface area (Å²) < 4.78 is 0. The van der Waals surface area contributed by atoms with Crippen LogP contribution in [0, 0.1) is 13.8 Å². The predicted molar refractivity (Wildman–Crippen MR) is 80.5 cm³/mol. The fourth-order valence-corrected chi connectivity index (χ4v) is 2.16. The second kappa shape index (κ2) is 6.22. The van der Waals surface area contributed by atoms with E-state index >= 15 is 0 Å². The number of rotatable bonds is 4. The Balaban J connectivity index is 2.07. The molecule has 4 nitrogen and oxygen atoms in total. The summed E-state index contributed by atoms with van der Waals surface area (Å²) in [6.07, 6.45) is 0. The molecule has 0 spiro atoms. The van der Waals surface area contributed by atoms with Crippen molar-refractivity contribution in [3.8, 4) is 0 Å². The number of carboxylic acids is 1. The molecule has 0 aliphatic heterocycles. The largest absolute Gasteiger partial charge is 0.478 e. The van der Waals surface area contributed by atoms with Crippen molar-refractivity contribution in [1.82, 2.24) is 5.32 Å². The SMILES string of the molecule is Cc1ccc(C(=O)NCc2cccc(C(=O)O)c2)c(C)c1. The lowest BCUT2D eigenvalue weighted by atomic mass is 10.0. The summed E-state index contributed by atoms with van der Waals surface area (Å²) in [5.41, 5.74) is 3.64. The molecule has 2 aromatic carbocycles. The summed E-state index contributed by atoms with van der Waals surface area (Å²) >= 11 is 0. The van der Waals surface area contributed by atoms with Crippen molar-refractivity contribution < 1.29 is 14.7 Å². The van der Waals surface area contributed by atoms with Gasteiger partial charge in [0, 0.05) is 12.1 Å². The normalized spacial score (nSPS) is 10.2. The fraction of sp³-hybridized carbons (Fsp3) is 0.176. The molecule has 0 heterocycles. The third-order valence-corrected chi connectivity index (χ3v) is 3.25. The van der Waals surface area contributed by atoms with Gasteiger partial charge in [0.1, 0.15) is 0 Å². The topological polar surface area (TPSA) is 66.4 Å². The predicted octanol–water partition coefficient (Wildman–Crippen LogP) is 2.93. The molecule has 21 heavy (non-hydrogen) atoms. The summed E-state index contributed by atoms with van der Waals surface area (Å²) in [7, 11) is 0. The maximum absolute atomic E-state index is 12.1. The van der Waals surface area contributed by atoms with Crippen LogP contribution in [0.3, 0.4) is 0 Å². The molecule has 2 aromatic rings. The molecule has 0 aromatic heterocycles. The minimum Gasteiger partial charge on any atom is -0.478 e. The monoisotopic (exact) mass is 283 g/mol. The van der Waals surface area contributed by atoms with Crippen molar-refractivity contribution in [2.24, 2.45) is 0 Å². The second-order valence-corrected chi connectivity index (χ2v) is 5.01. The van der Waals surface area contributed by atoms with Gasteiger partial charge in [0.2, 0.25) is 0 Å². The Morgan fingerprint density at radius 1 is 1.10 bits per heavy atom. The fourth-order valence-electron chi connectivity index (χ4n) is 2.16. The van der Waals surface area contributed by atoms with E-state index in [1.165, 1.54) is 6.07 Å². The molecule has 0 bridgehead atoms. The number of amides is 1. The van der Waals surface area contributed by atoms with Crippen LogP contribution in [-0.4, -0.2) is 17.0 Å². The molecular formula is C17H17NO3. The molecule has 0 saturated carbocycles. The van der Waals surface area contributed by atoms with Gasteiger partial charge in [-0.3, -0.25) is 4.79 Å². The number of hydrogen-bond acceptors (Lipinski definition) is 2. The van der Waals surface area contributed by atoms with Crippen LogP contribution in [0.25, 0.3) is 0 Å². The minimum atomic E-state index is -0.974. The van der Waals surface area contributed by atoms with Crippen molar-refractivity contribution in [1.29, 1.82) is 0 Å². The molecule has 1 amide bonds. The third-order valence-electron chi connectivity index (χ3n) is 3.25. The average Bonchev–Trinajstić information content (AvgIpc) is 2.45. The van der Waals surface area contributed by atoms with Crippen molar-refractivity contribution in [2.45, 2.75) is 20.4 Å². The van der Waals surface area contributed by atoms with E-state index in [-0.39, 0.29) is 11.5 Å². The molecule has 2 N–H and O–H groups in total. The Bertz CT molecular complexity index is 692. The first-order chi connectivity index (χ1) is 9.97. The number of aryl methyl sites for hydroxylation is 2. The van der Waals surface area contributed by atoms with Gasteiger partial charge in [-0.15, -0.1) is 0 Å². The van der Waals surface area contributed by atoms with E-state index in [0.29, 0.717) is 12.1 Å². The molecule has 4 heteroatoms. The van der Waals surface area contributed by atoms with Crippen molar-refractivity contribution in [3.05, 3.63) is 70.3 Å². The Morgan fingerprint density at radius 3 is 2.52 bits per heavy atom. The summed E-state index contributed by atoms with van der Waals surface area (Å²) in [4.78, 5) is 23.0. The van der Waals surface area contributed by atoms with Gasteiger partial charge >= 0.3 is 5.97 Å². The zero-order chi connectivity index (χ0) is 15.4. The van der Waals surface area contributed by atoms with Gasteiger partial charge in [-0.2, -0.15) is 0 Å². The highest BCUT2D eigenvalue weighted by Crippen LogP contribution is 2.11. The lowest BCUT2D eigenvalue weighted by molar-refractivity contribution is 0.0696. The highest BCUT2D eigenvalue weighted by molar-refractivity contribution is 5.95. The van der Waals surface area contributed by atoms with Crippen LogP contribution in [0.5, 0.6) is 0 Å². The summed E-state index contributed by atoms with van der Waals surface area (Å²) in [5, 5.41) is 11.7. The second-order valence-electron chi connectivity index (χ2n) is 5.01. The van der Waals surface area contributed by atoms with Gasteiger partial charge in [0.15, 0.2) is 0 Å². The summed E-state index contributed by atoms with van der Waals surface area (Å²) in [6.45, 7) is 4.17. The van der Waals surface area contributed by atoms with Crippen LogP contribution >= 0.6 is 0 Å². The molecule has 0 aliphatic rings. The van der Waals surface area contributed by atoms with Gasteiger partial charge in [0.05, 0.1) is 5.56 Å². The first kappa shape index (κ1) is 14.8. The number of carboxylic acid groups (broad SMARTS) is 1. The first-order valence-electron chi connectivity index (χ1n) is 6.65.